The molecule has 21 heavy (non-hydrogen) atoms. The molecule has 1 aromatic heterocycles. The van der Waals surface area contributed by atoms with Gasteiger partial charge in [0.25, 0.3) is 0 Å². The van der Waals surface area contributed by atoms with Crippen LogP contribution in [-0.2, 0) is 9.59 Å². The first-order valence-corrected chi connectivity index (χ1v) is 7.27. The molecule has 3 N–H and O–H groups in total. The van der Waals surface area contributed by atoms with E-state index in [1.165, 1.54) is 0 Å². The highest BCUT2D eigenvalue weighted by molar-refractivity contribution is 5.93. The molecular formula is C14H20N4O3. The Morgan fingerprint density at radius 2 is 2.19 bits per heavy atom. The second kappa shape index (κ2) is 5.14. The molecule has 3 atom stereocenters. The van der Waals surface area contributed by atoms with Crippen LogP contribution in [0.25, 0.3) is 0 Å². The van der Waals surface area contributed by atoms with Gasteiger partial charge in [-0.05, 0) is 33.1 Å². The maximum Gasteiger partial charge on any atom is 0.308 e. The molecule has 2 saturated heterocycles. The molecule has 114 valence electrons. The van der Waals surface area contributed by atoms with Crippen molar-refractivity contribution in [2.75, 3.05) is 11.9 Å². The summed E-state index contributed by atoms with van der Waals surface area (Å²) in [6.45, 7) is 3.94. The molecule has 7 heteroatoms. The largest absolute Gasteiger partial charge is 0.481 e. The average Bonchev–Trinajstić information content (AvgIpc) is 3.07. The number of aryl methyl sites for hydroxylation is 2. The van der Waals surface area contributed by atoms with Crippen LogP contribution in [0.15, 0.2) is 0 Å². The second-order valence-corrected chi connectivity index (χ2v) is 6.01. The van der Waals surface area contributed by atoms with Gasteiger partial charge in [-0.15, -0.1) is 0 Å². The number of hydrogen-bond donors (Lipinski definition) is 3. The third kappa shape index (κ3) is 2.42. The molecule has 0 radical (unpaired) electrons. The smallest absolute Gasteiger partial charge is 0.308 e. The topological polar surface area (TPSA) is 98.3 Å². The standard InChI is InChI=1S/C14H20N4O3/c1-7-13(8(2)17-16-7)15-12(19)6-18-9-3-4-11(18)10(5-9)14(20)21/h9-11H,3-6H2,1-2H3,(H,15,19)(H,16,17)(H,20,21). The number of nitrogens with one attached hydrogen (secondary N) is 2. The highest BCUT2D eigenvalue weighted by Crippen LogP contribution is 2.41. The number of nitrogens with zero attached hydrogens (tertiary/aromatic N) is 2. The van der Waals surface area contributed by atoms with E-state index in [0.29, 0.717) is 6.42 Å². The average molecular weight is 292 g/mol. The summed E-state index contributed by atoms with van der Waals surface area (Å²) < 4.78 is 0. The summed E-state index contributed by atoms with van der Waals surface area (Å²) in [5, 5.41) is 19.0. The van der Waals surface area contributed by atoms with Crippen LogP contribution >= 0.6 is 0 Å². The lowest BCUT2D eigenvalue weighted by Crippen LogP contribution is -2.38. The van der Waals surface area contributed by atoms with Crippen molar-refractivity contribution in [1.82, 2.24) is 15.1 Å². The Balaban J connectivity index is 1.65. The van der Waals surface area contributed by atoms with Crippen molar-refractivity contribution in [2.24, 2.45) is 5.92 Å². The van der Waals surface area contributed by atoms with E-state index in [0.717, 1.165) is 29.9 Å². The van der Waals surface area contributed by atoms with Gasteiger partial charge in [-0.25, -0.2) is 0 Å². The highest BCUT2D eigenvalue weighted by atomic mass is 16.4. The van der Waals surface area contributed by atoms with E-state index >= 15 is 0 Å². The predicted octanol–water partition coefficient (Wildman–Crippen LogP) is 0.903. The SMILES string of the molecule is Cc1n[nH]c(C)c1NC(=O)CN1C2CCC1C(C(=O)O)C2. The summed E-state index contributed by atoms with van der Waals surface area (Å²) in [5.74, 6) is -1.17. The molecule has 1 amide bonds. The van der Waals surface area contributed by atoms with E-state index in [9.17, 15) is 14.7 Å². The summed E-state index contributed by atoms with van der Waals surface area (Å²) in [6, 6.07) is 0.234. The number of aromatic amines is 1. The van der Waals surface area contributed by atoms with Crippen LogP contribution < -0.4 is 5.32 Å². The van der Waals surface area contributed by atoms with Crippen molar-refractivity contribution >= 4 is 17.6 Å². The molecule has 2 aliphatic rings. The predicted molar refractivity (Wildman–Crippen MR) is 76.0 cm³/mol. The molecule has 7 nitrogen and oxygen atoms in total. The Hall–Kier alpha value is -1.89. The molecule has 0 saturated carbocycles. The zero-order chi connectivity index (χ0) is 15.1. The Kier molecular flexibility index (Phi) is 3.44. The maximum absolute atomic E-state index is 12.2. The van der Waals surface area contributed by atoms with Gasteiger partial charge in [0.15, 0.2) is 0 Å². The molecule has 3 heterocycles. The molecule has 3 rings (SSSR count). The second-order valence-electron chi connectivity index (χ2n) is 6.01. The van der Waals surface area contributed by atoms with Gasteiger partial charge in [0.2, 0.25) is 5.91 Å². The molecule has 2 bridgehead atoms. The Morgan fingerprint density at radius 1 is 1.43 bits per heavy atom. The maximum atomic E-state index is 12.2. The molecule has 3 unspecified atom stereocenters. The third-order valence-corrected chi connectivity index (χ3v) is 4.72. The van der Waals surface area contributed by atoms with Gasteiger partial charge in [-0.2, -0.15) is 5.10 Å². The quantitative estimate of drug-likeness (QED) is 0.766. The molecule has 0 spiro atoms. The number of amides is 1. The van der Waals surface area contributed by atoms with Gasteiger partial charge < -0.3 is 10.4 Å². The van der Waals surface area contributed by atoms with Gasteiger partial charge in [-0.3, -0.25) is 19.6 Å². The molecular weight excluding hydrogens is 272 g/mol. The molecule has 2 fully saturated rings. The normalized spacial score (nSPS) is 28.0. The number of rotatable bonds is 4. The van der Waals surface area contributed by atoms with E-state index in [4.69, 9.17) is 0 Å². The molecule has 1 aromatic rings. The van der Waals surface area contributed by atoms with Crippen LogP contribution in [0.2, 0.25) is 0 Å². The zero-order valence-electron chi connectivity index (χ0n) is 12.2. The molecule has 0 aromatic carbocycles. The van der Waals surface area contributed by atoms with Crippen molar-refractivity contribution in [3.8, 4) is 0 Å². The van der Waals surface area contributed by atoms with E-state index in [1.807, 2.05) is 13.8 Å². The first kappa shape index (κ1) is 14.1. The number of fused-ring (bicyclic) bond motifs is 2. The monoisotopic (exact) mass is 292 g/mol. The fourth-order valence-electron chi connectivity index (χ4n) is 3.69. The van der Waals surface area contributed by atoms with Gasteiger partial charge in [0.05, 0.1) is 29.5 Å². The Bertz CT molecular complexity index is 563. The summed E-state index contributed by atoms with van der Waals surface area (Å²) in [4.78, 5) is 25.5. The van der Waals surface area contributed by atoms with Gasteiger partial charge in [0, 0.05) is 12.1 Å². The number of carbonyl (C=O) groups is 2. The number of aromatic nitrogens is 2. The van der Waals surface area contributed by atoms with Gasteiger partial charge in [-0.1, -0.05) is 0 Å². The van der Waals surface area contributed by atoms with E-state index < -0.39 is 5.97 Å². The van der Waals surface area contributed by atoms with Crippen LogP contribution in [0.1, 0.15) is 30.7 Å². The minimum atomic E-state index is -0.742. The van der Waals surface area contributed by atoms with E-state index in [1.54, 1.807) is 0 Å². The third-order valence-electron chi connectivity index (χ3n) is 4.72. The van der Waals surface area contributed by atoms with Crippen molar-refractivity contribution in [3.63, 3.8) is 0 Å². The lowest BCUT2D eigenvalue weighted by Gasteiger charge is -2.22. The van der Waals surface area contributed by atoms with Gasteiger partial charge >= 0.3 is 5.97 Å². The van der Waals surface area contributed by atoms with Crippen LogP contribution in [-0.4, -0.2) is 50.7 Å². The van der Waals surface area contributed by atoms with Crippen molar-refractivity contribution in [3.05, 3.63) is 11.4 Å². The number of anilines is 1. The summed E-state index contributed by atoms with van der Waals surface area (Å²) >= 11 is 0. The molecule has 0 aliphatic carbocycles. The minimum absolute atomic E-state index is 0.00444. The number of H-pyrrole nitrogens is 1. The lowest BCUT2D eigenvalue weighted by molar-refractivity contribution is -0.142. The fourth-order valence-corrected chi connectivity index (χ4v) is 3.69. The van der Waals surface area contributed by atoms with Crippen LogP contribution in [0.3, 0.4) is 0 Å². The Labute approximate surface area is 122 Å². The number of carboxylic acid groups (broad SMARTS) is 1. The highest BCUT2D eigenvalue weighted by Gasteiger charge is 2.49. The number of hydrogen-bond acceptors (Lipinski definition) is 4. The van der Waals surface area contributed by atoms with Crippen LogP contribution in [0.5, 0.6) is 0 Å². The van der Waals surface area contributed by atoms with Crippen LogP contribution in [0, 0.1) is 19.8 Å². The number of carboxylic acids is 1. The van der Waals surface area contributed by atoms with Crippen molar-refractivity contribution in [2.45, 2.75) is 45.2 Å². The number of aliphatic carboxylic acids is 1. The zero-order valence-corrected chi connectivity index (χ0v) is 12.2. The van der Waals surface area contributed by atoms with Crippen molar-refractivity contribution in [1.29, 1.82) is 0 Å². The van der Waals surface area contributed by atoms with Gasteiger partial charge in [0.1, 0.15) is 0 Å². The molecule has 2 aliphatic heterocycles. The van der Waals surface area contributed by atoms with Crippen LogP contribution in [0.4, 0.5) is 5.69 Å². The van der Waals surface area contributed by atoms with E-state index in [-0.39, 0.29) is 30.5 Å². The lowest BCUT2D eigenvalue weighted by atomic mass is 9.89. The summed E-state index contributed by atoms with van der Waals surface area (Å²) in [7, 11) is 0. The fraction of sp³-hybridized carbons (Fsp3) is 0.643. The first-order chi connectivity index (χ1) is 9.97. The summed E-state index contributed by atoms with van der Waals surface area (Å²) in [5.41, 5.74) is 2.31. The summed E-state index contributed by atoms with van der Waals surface area (Å²) in [6.07, 6.45) is 2.53. The first-order valence-electron chi connectivity index (χ1n) is 7.27. The minimum Gasteiger partial charge on any atom is -0.481 e. The van der Waals surface area contributed by atoms with E-state index in [2.05, 4.69) is 20.4 Å². The van der Waals surface area contributed by atoms with Crippen molar-refractivity contribution < 1.29 is 14.7 Å². The number of carbonyl (C=O) groups excluding carboxylic acids is 1. The Morgan fingerprint density at radius 3 is 2.76 bits per heavy atom.